The van der Waals surface area contributed by atoms with Gasteiger partial charge in [0.2, 0.25) is 5.91 Å². The van der Waals surface area contributed by atoms with Crippen molar-refractivity contribution < 1.29 is 9.59 Å². The molecular weight excluding hydrogens is 362 g/mol. The van der Waals surface area contributed by atoms with Crippen molar-refractivity contribution >= 4 is 28.4 Å². The van der Waals surface area contributed by atoms with Crippen LogP contribution in [-0.2, 0) is 24.3 Å². The van der Waals surface area contributed by atoms with Gasteiger partial charge in [0.25, 0.3) is 0 Å². The van der Waals surface area contributed by atoms with Crippen LogP contribution in [0.1, 0.15) is 35.4 Å². The lowest BCUT2D eigenvalue weighted by Gasteiger charge is -2.25. The molecular formula is C19H25N5O2S. The molecule has 27 heavy (non-hydrogen) atoms. The Balaban J connectivity index is 1.45. The second-order valence-corrected chi connectivity index (χ2v) is 7.72. The number of nitrogens with zero attached hydrogens (tertiary/aromatic N) is 2. The number of nitrogens with two attached hydrogens (primary N) is 1. The number of fused-ring (bicyclic) bond motifs is 1. The molecule has 4 N–H and O–H groups in total. The number of amides is 3. The smallest absolute Gasteiger partial charge is 0.312 e. The van der Waals surface area contributed by atoms with E-state index in [1.165, 1.54) is 10.4 Å². The van der Waals surface area contributed by atoms with E-state index in [0.717, 1.165) is 38.2 Å². The zero-order valence-corrected chi connectivity index (χ0v) is 16.1. The van der Waals surface area contributed by atoms with E-state index >= 15 is 0 Å². The van der Waals surface area contributed by atoms with Crippen LogP contribution >= 0.6 is 11.3 Å². The van der Waals surface area contributed by atoms with Gasteiger partial charge in [-0.25, -0.2) is 9.78 Å². The van der Waals surface area contributed by atoms with E-state index in [9.17, 15) is 9.59 Å². The number of urea groups is 1. The van der Waals surface area contributed by atoms with Gasteiger partial charge in [0, 0.05) is 43.9 Å². The lowest BCUT2D eigenvalue weighted by atomic mass is 10.1. The highest BCUT2D eigenvalue weighted by Crippen LogP contribution is 2.29. The maximum absolute atomic E-state index is 12.1. The van der Waals surface area contributed by atoms with Gasteiger partial charge in [0.1, 0.15) is 0 Å². The molecule has 0 spiro atoms. The Hall–Kier alpha value is -2.45. The lowest BCUT2D eigenvalue weighted by Crippen LogP contribution is -2.30. The number of unbranched alkanes of at least 4 members (excludes halogenated alkanes) is 1. The van der Waals surface area contributed by atoms with Crippen molar-refractivity contribution in [2.45, 2.75) is 38.8 Å². The molecule has 144 valence electrons. The maximum atomic E-state index is 12.1. The van der Waals surface area contributed by atoms with E-state index in [2.05, 4.69) is 44.8 Å². The standard InChI is InChI=1S/C19H25N5O2S/c20-18(26)21-10-5-4-8-17(25)23-19-22-15-9-11-24(13-16(15)27-19)12-14-6-2-1-3-7-14/h1-3,6-7H,4-5,8-13H2,(H3,20,21,26)(H,22,23,25). The summed E-state index contributed by atoms with van der Waals surface area (Å²) < 4.78 is 0. The van der Waals surface area contributed by atoms with E-state index in [-0.39, 0.29) is 5.91 Å². The van der Waals surface area contributed by atoms with Gasteiger partial charge in [-0.2, -0.15) is 0 Å². The average Bonchev–Trinajstić information content (AvgIpc) is 3.03. The Morgan fingerprint density at radius 3 is 2.81 bits per heavy atom. The van der Waals surface area contributed by atoms with Gasteiger partial charge >= 0.3 is 6.03 Å². The van der Waals surface area contributed by atoms with Gasteiger partial charge < -0.3 is 16.4 Å². The average molecular weight is 388 g/mol. The van der Waals surface area contributed by atoms with E-state index in [1.807, 2.05) is 6.07 Å². The monoisotopic (exact) mass is 387 g/mol. The van der Waals surface area contributed by atoms with Crippen LogP contribution in [-0.4, -0.2) is 34.9 Å². The van der Waals surface area contributed by atoms with Crippen LogP contribution in [0.4, 0.5) is 9.93 Å². The predicted molar refractivity (Wildman–Crippen MR) is 106 cm³/mol. The number of nitrogens with one attached hydrogen (secondary N) is 2. The van der Waals surface area contributed by atoms with Crippen molar-refractivity contribution in [3.63, 3.8) is 0 Å². The zero-order chi connectivity index (χ0) is 19.1. The fraction of sp³-hybridized carbons (Fsp3) is 0.421. The van der Waals surface area contributed by atoms with Gasteiger partial charge in [0.05, 0.1) is 5.69 Å². The number of primary amides is 1. The number of anilines is 1. The van der Waals surface area contributed by atoms with E-state index in [4.69, 9.17) is 5.73 Å². The lowest BCUT2D eigenvalue weighted by molar-refractivity contribution is -0.116. The minimum Gasteiger partial charge on any atom is -0.352 e. The Morgan fingerprint density at radius 2 is 2.04 bits per heavy atom. The summed E-state index contributed by atoms with van der Waals surface area (Å²) in [6.07, 6.45) is 2.74. The molecule has 2 heterocycles. The molecule has 0 radical (unpaired) electrons. The van der Waals surface area contributed by atoms with Crippen LogP contribution in [0.3, 0.4) is 0 Å². The molecule has 1 aromatic heterocycles. The van der Waals surface area contributed by atoms with Crippen LogP contribution in [0.2, 0.25) is 0 Å². The van der Waals surface area contributed by atoms with Gasteiger partial charge in [-0.05, 0) is 18.4 Å². The zero-order valence-electron chi connectivity index (χ0n) is 15.2. The third-order valence-corrected chi connectivity index (χ3v) is 5.43. The van der Waals surface area contributed by atoms with Gasteiger partial charge in [-0.3, -0.25) is 9.69 Å². The quantitative estimate of drug-likeness (QED) is 0.606. The Kier molecular flexibility index (Phi) is 6.78. The third kappa shape index (κ3) is 6.04. The number of thiazole rings is 1. The SMILES string of the molecule is NC(=O)NCCCCC(=O)Nc1nc2c(s1)CN(Cc1ccccc1)CC2. The van der Waals surface area contributed by atoms with E-state index < -0.39 is 6.03 Å². The summed E-state index contributed by atoms with van der Waals surface area (Å²) in [5, 5.41) is 6.10. The topological polar surface area (TPSA) is 100 Å². The number of carbonyl (C=O) groups excluding carboxylic acids is 2. The molecule has 0 aliphatic carbocycles. The summed E-state index contributed by atoms with van der Waals surface area (Å²) in [7, 11) is 0. The van der Waals surface area contributed by atoms with Gasteiger partial charge in [-0.15, -0.1) is 11.3 Å². The molecule has 0 saturated heterocycles. The highest BCUT2D eigenvalue weighted by molar-refractivity contribution is 7.15. The van der Waals surface area contributed by atoms with Crippen molar-refractivity contribution in [1.82, 2.24) is 15.2 Å². The van der Waals surface area contributed by atoms with Gasteiger partial charge in [0.15, 0.2) is 5.13 Å². The second kappa shape index (κ2) is 9.48. The number of hydrogen-bond donors (Lipinski definition) is 3. The number of rotatable bonds is 8. The van der Waals surface area contributed by atoms with Crippen LogP contribution in [0.15, 0.2) is 30.3 Å². The molecule has 1 aliphatic heterocycles. The molecule has 0 bridgehead atoms. The molecule has 0 unspecified atom stereocenters. The highest BCUT2D eigenvalue weighted by Gasteiger charge is 2.21. The van der Waals surface area contributed by atoms with E-state index in [1.54, 1.807) is 11.3 Å². The number of benzene rings is 1. The Labute approximate surface area is 163 Å². The molecule has 3 rings (SSSR count). The fourth-order valence-corrected chi connectivity index (χ4v) is 4.15. The summed E-state index contributed by atoms with van der Waals surface area (Å²) in [6.45, 7) is 3.27. The molecule has 3 amide bonds. The largest absolute Gasteiger partial charge is 0.352 e. The number of carbonyl (C=O) groups is 2. The molecule has 0 saturated carbocycles. The maximum Gasteiger partial charge on any atom is 0.312 e. The predicted octanol–water partition coefficient (Wildman–Crippen LogP) is 2.48. The molecule has 2 aromatic rings. The Morgan fingerprint density at radius 1 is 1.22 bits per heavy atom. The summed E-state index contributed by atoms with van der Waals surface area (Å²) in [4.78, 5) is 30.9. The van der Waals surface area contributed by atoms with Crippen LogP contribution in [0.5, 0.6) is 0 Å². The molecule has 0 fully saturated rings. The minimum atomic E-state index is -0.533. The molecule has 0 atom stereocenters. The summed E-state index contributed by atoms with van der Waals surface area (Å²) >= 11 is 1.57. The van der Waals surface area contributed by atoms with Crippen molar-refractivity contribution in [1.29, 1.82) is 0 Å². The number of hydrogen-bond acceptors (Lipinski definition) is 5. The van der Waals surface area contributed by atoms with Gasteiger partial charge in [-0.1, -0.05) is 30.3 Å². The molecule has 8 heteroatoms. The van der Waals surface area contributed by atoms with Crippen LogP contribution in [0.25, 0.3) is 0 Å². The highest BCUT2D eigenvalue weighted by atomic mass is 32.1. The molecule has 1 aromatic carbocycles. The molecule has 7 nitrogen and oxygen atoms in total. The summed E-state index contributed by atoms with van der Waals surface area (Å²) in [5.41, 5.74) is 7.41. The first-order valence-electron chi connectivity index (χ1n) is 9.18. The summed E-state index contributed by atoms with van der Waals surface area (Å²) in [6, 6.07) is 9.92. The number of aromatic nitrogens is 1. The minimum absolute atomic E-state index is 0.0405. The van der Waals surface area contributed by atoms with Crippen molar-refractivity contribution in [2.24, 2.45) is 5.73 Å². The summed E-state index contributed by atoms with van der Waals surface area (Å²) in [5.74, 6) is -0.0405. The first-order chi connectivity index (χ1) is 13.1. The first kappa shape index (κ1) is 19.3. The van der Waals surface area contributed by atoms with Crippen molar-refractivity contribution in [2.75, 3.05) is 18.4 Å². The Bertz CT molecular complexity index is 778. The third-order valence-electron chi connectivity index (χ3n) is 4.44. The van der Waals surface area contributed by atoms with Crippen molar-refractivity contribution in [3.05, 3.63) is 46.5 Å². The molecule has 1 aliphatic rings. The van der Waals surface area contributed by atoms with Crippen LogP contribution in [0, 0.1) is 0 Å². The van der Waals surface area contributed by atoms with Crippen molar-refractivity contribution in [3.8, 4) is 0 Å². The first-order valence-corrected chi connectivity index (χ1v) is 10.00. The normalized spacial score (nSPS) is 13.8. The van der Waals surface area contributed by atoms with E-state index in [0.29, 0.717) is 24.5 Å². The van der Waals surface area contributed by atoms with Crippen LogP contribution < -0.4 is 16.4 Å². The fourth-order valence-electron chi connectivity index (χ4n) is 3.08. The second-order valence-electron chi connectivity index (χ2n) is 6.63.